The van der Waals surface area contributed by atoms with Crippen LogP contribution in [0, 0.1) is 35.0 Å². The summed E-state index contributed by atoms with van der Waals surface area (Å²) in [6, 6.07) is 0. The lowest BCUT2D eigenvalue weighted by Crippen LogP contribution is -2.33. The summed E-state index contributed by atoms with van der Waals surface area (Å²) in [7, 11) is 0. The summed E-state index contributed by atoms with van der Waals surface area (Å²) in [4.78, 5) is 0. The summed E-state index contributed by atoms with van der Waals surface area (Å²) in [5, 5.41) is 0. The highest BCUT2D eigenvalue weighted by Crippen LogP contribution is 2.52. The van der Waals surface area contributed by atoms with E-state index in [0.29, 0.717) is 5.41 Å². The molecule has 5 unspecified atom stereocenters. The van der Waals surface area contributed by atoms with Crippen LogP contribution in [-0.4, -0.2) is 0 Å². The summed E-state index contributed by atoms with van der Waals surface area (Å²) in [6.45, 7) is 17.1. The average molecular weight is 210 g/mol. The zero-order valence-corrected chi connectivity index (χ0v) is 11.8. The fourth-order valence-corrected chi connectivity index (χ4v) is 3.59. The van der Waals surface area contributed by atoms with Gasteiger partial charge in [0.05, 0.1) is 0 Å². The summed E-state index contributed by atoms with van der Waals surface area (Å²) in [5.74, 6) is 4.52. The summed E-state index contributed by atoms with van der Waals surface area (Å²) in [5.41, 5.74) is 0.521. The fourth-order valence-electron chi connectivity index (χ4n) is 3.59. The van der Waals surface area contributed by atoms with Gasteiger partial charge >= 0.3 is 0 Å². The standard InChI is InChI=1S/C15H30/c1-8-11(3)15(6,7)14-9-10(2)12(4)13(14)5/h10-14H,8-9H2,1-7H3. The van der Waals surface area contributed by atoms with E-state index in [0.717, 1.165) is 29.6 Å². The molecule has 0 amide bonds. The highest BCUT2D eigenvalue weighted by Gasteiger charge is 2.44. The van der Waals surface area contributed by atoms with Crippen LogP contribution in [0.3, 0.4) is 0 Å². The van der Waals surface area contributed by atoms with Crippen LogP contribution < -0.4 is 0 Å². The Kier molecular flexibility index (Phi) is 3.90. The van der Waals surface area contributed by atoms with Crippen molar-refractivity contribution in [1.82, 2.24) is 0 Å². The van der Waals surface area contributed by atoms with Crippen molar-refractivity contribution in [3.63, 3.8) is 0 Å². The van der Waals surface area contributed by atoms with E-state index < -0.39 is 0 Å². The second-order valence-electron chi connectivity index (χ2n) is 6.67. The molecular weight excluding hydrogens is 180 g/mol. The minimum absolute atomic E-state index is 0.521. The molecular formula is C15H30. The predicted octanol–water partition coefficient (Wildman–Crippen LogP) is 4.99. The van der Waals surface area contributed by atoms with E-state index >= 15 is 0 Å². The van der Waals surface area contributed by atoms with Gasteiger partial charge in [-0.05, 0) is 41.4 Å². The zero-order chi connectivity index (χ0) is 11.8. The molecule has 1 aliphatic rings. The Morgan fingerprint density at radius 1 is 1.13 bits per heavy atom. The van der Waals surface area contributed by atoms with E-state index in [1.165, 1.54) is 12.8 Å². The van der Waals surface area contributed by atoms with Crippen molar-refractivity contribution in [2.45, 2.75) is 61.3 Å². The molecule has 0 radical (unpaired) electrons. The largest absolute Gasteiger partial charge is 0.0651 e. The van der Waals surface area contributed by atoms with Gasteiger partial charge in [-0.2, -0.15) is 0 Å². The van der Waals surface area contributed by atoms with E-state index in [-0.39, 0.29) is 0 Å². The van der Waals surface area contributed by atoms with Crippen molar-refractivity contribution in [3.05, 3.63) is 0 Å². The Hall–Kier alpha value is 0. The van der Waals surface area contributed by atoms with Crippen molar-refractivity contribution in [2.75, 3.05) is 0 Å². The average Bonchev–Trinajstić information content (AvgIpc) is 2.45. The van der Waals surface area contributed by atoms with Gasteiger partial charge in [0.25, 0.3) is 0 Å². The molecule has 1 fully saturated rings. The Labute approximate surface area is 96.8 Å². The molecule has 0 saturated heterocycles. The van der Waals surface area contributed by atoms with E-state index in [4.69, 9.17) is 0 Å². The van der Waals surface area contributed by atoms with Gasteiger partial charge in [-0.1, -0.05) is 54.9 Å². The quantitative estimate of drug-likeness (QED) is 0.616. The normalized spacial score (nSPS) is 39.4. The molecule has 0 N–H and O–H groups in total. The highest BCUT2D eigenvalue weighted by molar-refractivity contribution is 4.93. The second kappa shape index (κ2) is 4.47. The first-order chi connectivity index (χ1) is 6.82. The van der Waals surface area contributed by atoms with Gasteiger partial charge in [0, 0.05) is 0 Å². The van der Waals surface area contributed by atoms with Gasteiger partial charge in [0.2, 0.25) is 0 Å². The number of hydrogen-bond acceptors (Lipinski definition) is 0. The van der Waals surface area contributed by atoms with Crippen LogP contribution in [0.2, 0.25) is 0 Å². The van der Waals surface area contributed by atoms with Crippen LogP contribution in [-0.2, 0) is 0 Å². The molecule has 0 aromatic carbocycles. The van der Waals surface area contributed by atoms with Gasteiger partial charge in [-0.25, -0.2) is 0 Å². The minimum atomic E-state index is 0.521. The fraction of sp³-hybridized carbons (Fsp3) is 1.00. The molecule has 5 atom stereocenters. The second-order valence-corrected chi connectivity index (χ2v) is 6.67. The van der Waals surface area contributed by atoms with Crippen LogP contribution in [0.25, 0.3) is 0 Å². The molecule has 0 aliphatic heterocycles. The summed E-state index contributed by atoms with van der Waals surface area (Å²) < 4.78 is 0. The molecule has 90 valence electrons. The van der Waals surface area contributed by atoms with Crippen molar-refractivity contribution in [3.8, 4) is 0 Å². The Balaban J connectivity index is 2.80. The first-order valence-corrected chi connectivity index (χ1v) is 6.82. The summed E-state index contributed by atoms with van der Waals surface area (Å²) in [6.07, 6.45) is 2.76. The Morgan fingerprint density at radius 3 is 2.00 bits per heavy atom. The molecule has 1 aliphatic carbocycles. The molecule has 0 heterocycles. The van der Waals surface area contributed by atoms with Gasteiger partial charge in [-0.3, -0.25) is 0 Å². The third-order valence-corrected chi connectivity index (χ3v) is 5.83. The van der Waals surface area contributed by atoms with Crippen LogP contribution in [0.5, 0.6) is 0 Å². The topological polar surface area (TPSA) is 0 Å². The molecule has 1 rings (SSSR count). The third kappa shape index (κ3) is 2.24. The van der Waals surface area contributed by atoms with E-state index in [9.17, 15) is 0 Å². The maximum Gasteiger partial charge on any atom is -0.0298 e. The predicted molar refractivity (Wildman–Crippen MR) is 68.8 cm³/mol. The van der Waals surface area contributed by atoms with Gasteiger partial charge in [0.15, 0.2) is 0 Å². The smallest absolute Gasteiger partial charge is 0.0298 e. The maximum absolute atomic E-state index is 2.49. The molecule has 0 heteroatoms. The molecule has 0 aromatic rings. The van der Waals surface area contributed by atoms with Gasteiger partial charge < -0.3 is 0 Å². The van der Waals surface area contributed by atoms with Crippen molar-refractivity contribution >= 4 is 0 Å². The molecule has 1 saturated carbocycles. The van der Waals surface area contributed by atoms with Crippen molar-refractivity contribution in [2.24, 2.45) is 35.0 Å². The van der Waals surface area contributed by atoms with Crippen LogP contribution in [0.1, 0.15) is 61.3 Å². The monoisotopic (exact) mass is 210 g/mol. The van der Waals surface area contributed by atoms with Crippen LogP contribution in [0.4, 0.5) is 0 Å². The van der Waals surface area contributed by atoms with E-state index in [1.807, 2.05) is 0 Å². The minimum Gasteiger partial charge on any atom is -0.0651 e. The molecule has 0 spiro atoms. The molecule has 15 heavy (non-hydrogen) atoms. The Bertz CT molecular complexity index is 204. The SMILES string of the molecule is CCC(C)C(C)(C)C1CC(C)C(C)C1C. The van der Waals surface area contributed by atoms with E-state index in [2.05, 4.69) is 48.5 Å². The van der Waals surface area contributed by atoms with Crippen LogP contribution in [0.15, 0.2) is 0 Å². The van der Waals surface area contributed by atoms with Crippen molar-refractivity contribution in [1.29, 1.82) is 0 Å². The Morgan fingerprint density at radius 2 is 1.67 bits per heavy atom. The van der Waals surface area contributed by atoms with Crippen molar-refractivity contribution < 1.29 is 0 Å². The third-order valence-electron chi connectivity index (χ3n) is 5.83. The van der Waals surface area contributed by atoms with Crippen LogP contribution >= 0.6 is 0 Å². The molecule has 0 nitrogen and oxygen atoms in total. The highest BCUT2D eigenvalue weighted by atomic mass is 14.5. The van der Waals surface area contributed by atoms with Gasteiger partial charge in [0.1, 0.15) is 0 Å². The lowest BCUT2D eigenvalue weighted by Gasteiger charge is -2.40. The number of hydrogen-bond donors (Lipinski definition) is 0. The lowest BCUT2D eigenvalue weighted by molar-refractivity contribution is 0.0890. The molecule has 0 bridgehead atoms. The first-order valence-electron chi connectivity index (χ1n) is 6.82. The first kappa shape index (κ1) is 13.1. The van der Waals surface area contributed by atoms with Gasteiger partial charge in [-0.15, -0.1) is 0 Å². The lowest BCUT2D eigenvalue weighted by atomic mass is 9.65. The van der Waals surface area contributed by atoms with E-state index in [1.54, 1.807) is 0 Å². The number of rotatable bonds is 3. The zero-order valence-electron chi connectivity index (χ0n) is 11.8. The summed E-state index contributed by atoms with van der Waals surface area (Å²) >= 11 is 0. The maximum atomic E-state index is 2.49. The molecule has 0 aromatic heterocycles.